The number of amides is 2. The second kappa shape index (κ2) is 7.06. The van der Waals surface area contributed by atoms with Gasteiger partial charge in [0.15, 0.2) is 0 Å². The van der Waals surface area contributed by atoms with Gasteiger partial charge in [-0.15, -0.1) is 0 Å². The van der Waals surface area contributed by atoms with Crippen molar-refractivity contribution in [3.63, 3.8) is 0 Å². The number of carbonyl (C=O) groups is 2. The molecule has 2 amide bonds. The van der Waals surface area contributed by atoms with E-state index in [1.807, 2.05) is 0 Å². The molecule has 0 aromatic rings. The summed E-state index contributed by atoms with van der Waals surface area (Å²) in [6.45, 7) is 1.46. The third kappa shape index (κ3) is 3.94. The number of nitrogens with zero attached hydrogens (tertiary/aromatic N) is 1. The van der Waals surface area contributed by atoms with Crippen LogP contribution in [-0.4, -0.2) is 57.4 Å². The predicted octanol–water partition coefficient (Wildman–Crippen LogP) is 0.651. The van der Waals surface area contributed by atoms with Gasteiger partial charge in [0.25, 0.3) is 0 Å². The van der Waals surface area contributed by atoms with Gasteiger partial charge < -0.3 is 15.3 Å². The van der Waals surface area contributed by atoms with Crippen LogP contribution in [0.1, 0.15) is 25.7 Å². The lowest BCUT2D eigenvalue weighted by Gasteiger charge is -2.31. The number of hydrogen-bond acceptors (Lipinski definition) is 3. The maximum Gasteiger partial charge on any atom is 0.317 e. The molecule has 1 aliphatic heterocycles. The minimum absolute atomic E-state index is 0.0316. The Balaban J connectivity index is 1.79. The van der Waals surface area contributed by atoms with Gasteiger partial charge in [0.1, 0.15) is 0 Å². The number of aliphatic carboxylic acids is 1. The number of nitrogens with one attached hydrogen (secondary N) is 1. The maximum absolute atomic E-state index is 12.0. The van der Waals surface area contributed by atoms with Crippen LogP contribution < -0.4 is 5.32 Å². The zero-order valence-electron chi connectivity index (χ0n) is 11.5. The SMILES string of the molecule is O=C(O)C1CCCCC1CNC(=O)N1CCS(=O)CC1. The molecule has 0 bridgehead atoms. The molecule has 20 heavy (non-hydrogen) atoms. The summed E-state index contributed by atoms with van der Waals surface area (Å²) >= 11 is 0. The van der Waals surface area contributed by atoms with Gasteiger partial charge in [-0.1, -0.05) is 12.8 Å². The topological polar surface area (TPSA) is 86.7 Å². The van der Waals surface area contributed by atoms with Crippen LogP contribution in [0.4, 0.5) is 4.79 Å². The molecule has 1 heterocycles. The number of rotatable bonds is 3. The van der Waals surface area contributed by atoms with Crippen LogP contribution in [0, 0.1) is 11.8 Å². The standard InChI is InChI=1S/C13H22N2O4S/c16-12(17)11-4-2-1-3-10(11)9-14-13(18)15-5-7-20(19)8-6-15/h10-11H,1-9H2,(H,14,18)(H,16,17). The predicted molar refractivity (Wildman–Crippen MR) is 75.9 cm³/mol. The Hall–Kier alpha value is -1.11. The Morgan fingerprint density at radius 2 is 1.85 bits per heavy atom. The van der Waals surface area contributed by atoms with E-state index in [1.54, 1.807) is 4.90 Å². The van der Waals surface area contributed by atoms with Crippen molar-refractivity contribution in [3.8, 4) is 0 Å². The average Bonchev–Trinajstić information content (AvgIpc) is 2.45. The minimum Gasteiger partial charge on any atom is -0.481 e. The minimum atomic E-state index is -0.797. The fourth-order valence-corrected chi connectivity index (χ4v) is 4.00. The number of carbonyl (C=O) groups excluding carboxylic acids is 1. The molecule has 6 nitrogen and oxygen atoms in total. The molecule has 1 saturated carbocycles. The van der Waals surface area contributed by atoms with Gasteiger partial charge in [-0.2, -0.15) is 0 Å². The molecule has 2 atom stereocenters. The van der Waals surface area contributed by atoms with Crippen molar-refractivity contribution < 1.29 is 18.9 Å². The normalized spacial score (nSPS) is 28.1. The highest BCUT2D eigenvalue weighted by Crippen LogP contribution is 2.29. The quantitative estimate of drug-likeness (QED) is 0.801. The van der Waals surface area contributed by atoms with E-state index in [0.29, 0.717) is 37.6 Å². The fraction of sp³-hybridized carbons (Fsp3) is 0.846. The first-order valence-electron chi connectivity index (χ1n) is 7.18. The van der Waals surface area contributed by atoms with E-state index in [4.69, 9.17) is 0 Å². The summed E-state index contributed by atoms with van der Waals surface area (Å²) in [6.07, 6.45) is 3.56. The van der Waals surface area contributed by atoms with Crippen molar-refractivity contribution in [2.75, 3.05) is 31.1 Å². The molecule has 2 N–H and O–H groups in total. The van der Waals surface area contributed by atoms with Crippen LogP contribution in [0.15, 0.2) is 0 Å². The molecule has 7 heteroatoms. The van der Waals surface area contributed by atoms with Crippen molar-refractivity contribution in [1.82, 2.24) is 10.2 Å². The molecule has 2 aliphatic rings. The molecule has 2 fully saturated rings. The van der Waals surface area contributed by atoms with Crippen molar-refractivity contribution >= 4 is 22.8 Å². The van der Waals surface area contributed by atoms with Gasteiger partial charge in [-0.25, -0.2) is 4.79 Å². The van der Waals surface area contributed by atoms with Crippen molar-refractivity contribution in [3.05, 3.63) is 0 Å². The first kappa shape index (κ1) is 15.3. The highest BCUT2D eigenvalue weighted by Gasteiger charge is 2.31. The van der Waals surface area contributed by atoms with Crippen LogP contribution in [0.5, 0.6) is 0 Å². The molecule has 2 unspecified atom stereocenters. The van der Waals surface area contributed by atoms with E-state index < -0.39 is 16.8 Å². The monoisotopic (exact) mass is 302 g/mol. The number of hydrogen-bond donors (Lipinski definition) is 2. The van der Waals surface area contributed by atoms with Crippen molar-refractivity contribution in [2.24, 2.45) is 11.8 Å². The first-order valence-corrected chi connectivity index (χ1v) is 8.67. The zero-order chi connectivity index (χ0) is 14.5. The summed E-state index contributed by atoms with van der Waals surface area (Å²) in [6, 6.07) is -0.156. The second-order valence-electron chi connectivity index (χ2n) is 5.51. The van der Waals surface area contributed by atoms with E-state index in [-0.39, 0.29) is 17.9 Å². The largest absolute Gasteiger partial charge is 0.481 e. The van der Waals surface area contributed by atoms with Gasteiger partial charge in [0.2, 0.25) is 0 Å². The van der Waals surface area contributed by atoms with Crippen LogP contribution in [0.3, 0.4) is 0 Å². The van der Waals surface area contributed by atoms with E-state index in [1.165, 1.54) is 0 Å². The Labute approximate surface area is 121 Å². The summed E-state index contributed by atoms with van der Waals surface area (Å²) in [7, 11) is -0.797. The van der Waals surface area contributed by atoms with E-state index >= 15 is 0 Å². The summed E-state index contributed by atoms with van der Waals surface area (Å²) < 4.78 is 11.2. The Morgan fingerprint density at radius 1 is 1.20 bits per heavy atom. The summed E-state index contributed by atoms with van der Waals surface area (Å²) in [5.41, 5.74) is 0. The lowest BCUT2D eigenvalue weighted by atomic mass is 9.79. The van der Waals surface area contributed by atoms with Crippen LogP contribution >= 0.6 is 0 Å². The molecular formula is C13H22N2O4S. The molecule has 1 saturated heterocycles. The van der Waals surface area contributed by atoms with E-state index in [9.17, 15) is 18.9 Å². The molecular weight excluding hydrogens is 280 g/mol. The van der Waals surface area contributed by atoms with Gasteiger partial charge in [-0.05, 0) is 18.8 Å². The smallest absolute Gasteiger partial charge is 0.317 e. The highest BCUT2D eigenvalue weighted by atomic mass is 32.2. The van der Waals surface area contributed by atoms with Crippen LogP contribution in [-0.2, 0) is 15.6 Å². The third-order valence-corrected chi connectivity index (χ3v) is 5.48. The Bertz CT molecular complexity index is 392. The van der Waals surface area contributed by atoms with E-state index in [0.717, 1.165) is 19.3 Å². The number of carboxylic acids is 1. The molecule has 2 rings (SSSR count). The molecule has 0 radical (unpaired) electrons. The van der Waals surface area contributed by atoms with Gasteiger partial charge in [0, 0.05) is 41.9 Å². The van der Waals surface area contributed by atoms with Gasteiger partial charge in [0.05, 0.1) is 5.92 Å². The second-order valence-corrected chi connectivity index (χ2v) is 7.21. The fourth-order valence-electron chi connectivity index (χ4n) is 2.95. The molecule has 1 aliphatic carbocycles. The molecule has 114 valence electrons. The maximum atomic E-state index is 12.0. The summed E-state index contributed by atoms with van der Waals surface area (Å²) in [5, 5.41) is 12.0. The zero-order valence-corrected chi connectivity index (χ0v) is 12.4. The highest BCUT2D eigenvalue weighted by molar-refractivity contribution is 7.85. The lowest BCUT2D eigenvalue weighted by Crippen LogP contribution is -2.48. The Morgan fingerprint density at radius 3 is 2.50 bits per heavy atom. The number of carboxylic acid groups (broad SMARTS) is 1. The van der Waals surface area contributed by atoms with Gasteiger partial charge in [-0.3, -0.25) is 9.00 Å². The lowest BCUT2D eigenvalue weighted by molar-refractivity contribution is -0.144. The third-order valence-electron chi connectivity index (χ3n) is 4.21. The average molecular weight is 302 g/mol. The van der Waals surface area contributed by atoms with Crippen molar-refractivity contribution in [2.45, 2.75) is 25.7 Å². The van der Waals surface area contributed by atoms with Crippen molar-refractivity contribution in [1.29, 1.82) is 0 Å². The Kier molecular flexibility index (Phi) is 5.39. The van der Waals surface area contributed by atoms with Crippen LogP contribution in [0.2, 0.25) is 0 Å². The van der Waals surface area contributed by atoms with Crippen LogP contribution in [0.25, 0.3) is 0 Å². The first-order chi connectivity index (χ1) is 9.58. The molecule has 0 aromatic carbocycles. The molecule has 0 aromatic heterocycles. The summed E-state index contributed by atoms with van der Waals surface area (Å²) in [4.78, 5) is 24.8. The number of urea groups is 1. The molecule has 0 spiro atoms. The van der Waals surface area contributed by atoms with E-state index in [2.05, 4.69) is 5.32 Å². The summed E-state index contributed by atoms with van der Waals surface area (Å²) in [5.74, 6) is 0.0165. The van der Waals surface area contributed by atoms with Gasteiger partial charge >= 0.3 is 12.0 Å².